The number of carbonyl (C=O) groups is 1. The number of aryl methyl sites for hydroxylation is 2. The number of benzene rings is 3. The predicted octanol–water partition coefficient (Wildman–Crippen LogP) is 9.41. The summed E-state index contributed by atoms with van der Waals surface area (Å²) in [5, 5.41) is 0.498. The summed E-state index contributed by atoms with van der Waals surface area (Å²) in [6, 6.07) is 21.2. The molecule has 0 aliphatic heterocycles. The van der Waals surface area contributed by atoms with E-state index in [1.807, 2.05) is 61.2 Å². The molecule has 0 saturated heterocycles. The van der Waals surface area contributed by atoms with Crippen LogP contribution < -0.4 is 9.47 Å². The van der Waals surface area contributed by atoms with Gasteiger partial charge >= 0.3 is 21.6 Å². The molecule has 0 saturated carbocycles. The van der Waals surface area contributed by atoms with E-state index < -0.39 is 21.7 Å². The lowest BCUT2D eigenvalue weighted by molar-refractivity contribution is -0.0570. The summed E-state index contributed by atoms with van der Waals surface area (Å²) in [6.45, 7) is 5.74. The standard InChI is InChI=1S/C21H25BrO3S.C13H17F3O4S/c1-4-25-21(23)17-10-13-20(19(22)14-17)26-15(2)6-5-7-16-8-11-18(24-3)12-9-16;1-10(20-21(17,18)13(14,15)16)4-3-5-11-6-8-12(19-2)9-7-11/h8-15H,4-7H2,1-3H3;6-10H,3-5H2,1-2H3/t15-;10-/m10/s1. The van der Waals surface area contributed by atoms with Gasteiger partial charge in [-0.3, -0.25) is 4.18 Å². The highest BCUT2D eigenvalue weighted by Crippen LogP contribution is 2.33. The molecule has 0 aliphatic carbocycles. The van der Waals surface area contributed by atoms with Crippen molar-refractivity contribution in [3.8, 4) is 11.5 Å². The molecule has 0 radical (unpaired) electrons. The van der Waals surface area contributed by atoms with E-state index in [1.165, 1.54) is 12.5 Å². The van der Waals surface area contributed by atoms with E-state index in [9.17, 15) is 26.4 Å². The Balaban J connectivity index is 0.000000335. The van der Waals surface area contributed by atoms with E-state index in [0.29, 0.717) is 36.0 Å². The Morgan fingerprint density at radius 2 is 1.36 bits per heavy atom. The van der Waals surface area contributed by atoms with E-state index in [-0.39, 0.29) is 12.4 Å². The SMILES string of the molecule is CCOC(=O)c1ccc(S[C@H](C)CCCc2ccc(OC)cc2)c(Br)c1.COc1ccc(CCC[C@H](C)OS(=O)(=O)C(F)(F)F)cc1. The van der Waals surface area contributed by atoms with Gasteiger partial charge < -0.3 is 14.2 Å². The van der Waals surface area contributed by atoms with Crippen LogP contribution in [0.2, 0.25) is 0 Å². The average molecular weight is 764 g/mol. The van der Waals surface area contributed by atoms with Crippen LogP contribution in [0, 0.1) is 0 Å². The summed E-state index contributed by atoms with van der Waals surface area (Å²) in [7, 11) is -2.28. The highest BCUT2D eigenvalue weighted by Gasteiger charge is 2.48. The van der Waals surface area contributed by atoms with Gasteiger partial charge in [0.2, 0.25) is 0 Å². The van der Waals surface area contributed by atoms with Crippen LogP contribution in [0.15, 0.2) is 76.1 Å². The number of thioether (sulfide) groups is 1. The summed E-state index contributed by atoms with van der Waals surface area (Å²) in [5.41, 5.74) is -2.48. The Labute approximate surface area is 288 Å². The van der Waals surface area contributed by atoms with Crippen molar-refractivity contribution >= 4 is 43.8 Å². The lowest BCUT2D eigenvalue weighted by Gasteiger charge is -2.14. The van der Waals surface area contributed by atoms with Crippen LogP contribution in [0.3, 0.4) is 0 Å². The first-order valence-electron chi connectivity index (χ1n) is 15.1. The summed E-state index contributed by atoms with van der Waals surface area (Å²) in [6.07, 6.45) is 3.65. The number of alkyl halides is 3. The first-order chi connectivity index (χ1) is 22.2. The lowest BCUT2D eigenvalue weighted by Crippen LogP contribution is -2.29. The lowest BCUT2D eigenvalue weighted by atomic mass is 10.1. The molecule has 13 heteroatoms. The Kier molecular flexibility index (Phi) is 17.1. The monoisotopic (exact) mass is 762 g/mol. The molecular weight excluding hydrogens is 721 g/mol. The zero-order chi connectivity index (χ0) is 35.0. The molecule has 3 aromatic rings. The van der Waals surface area contributed by atoms with Gasteiger partial charge in [-0.15, -0.1) is 11.8 Å². The molecule has 0 fully saturated rings. The van der Waals surface area contributed by atoms with Crippen LogP contribution in [0.25, 0.3) is 0 Å². The van der Waals surface area contributed by atoms with Gasteiger partial charge in [-0.05, 0) is 122 Å². The zero-order valence-electron chi connectivity index (χ0n) is 27.1. The number of hydrogen-bond acceptors (Lipinski definition) is 8. The summed E-state index contributed by atoms with van der Waals surface area (Å²) in [4.78, 5) is 12.9. The van der Waals surface area contributed by atoms with Crippen LogP contribution >= 0.6 is 27.7 Å². The van der Waals surface area contributed by atoms with E-state index in [2.05, 4.69) is 39.2 Å². The molecule has 7 nitrogen and oxygen atoms in total. The maximum atomic E-state index is 12.1. The molecular formula is C34H42BrF3O7S2. The fraction of sp³-hybridized carbons (Fsp3) is 0.441. The Morgan fingerprint density at radius 1 is 0.851 bits per heavy atom. The second kappa shape index (κ2) is 19.9. The highest BCUT2D eigenvalue weighted by atomic mass is 79.9. The number of methoxy groups -OCH3 is 2. The molecule has 47 heavy (non-hydrogen) atoms. The summed E-state index contributed by atoms with van der Waals surface area (Å²) in [5.74, 6) is 1.33. The van der Waals surface area contributed by atoms with Crippen molar-refractivity contribution in [1.82, 2.24) is 0 Å². The van der Waals surface area contributed by atoms with Gasteiger partial charge in [0.25, 0.3) is 0 Å². The van der Waals surface area contributed by atoms with Crippen molar-refractivity contribution < 1.29 is 44.8 Å². The van der Waals surface area contributed by atoms with E-state index >= 15 is 0 Å². The Bertz CT molecular complexity index is 1480. The quantitative estimate of drug-likeness (QED) is 0.0618. The topological polar surface area (TPSA) is 88.1 Å². The van der Waals surface area contributed by atoms with Gasteiger partial charge in [-0.1, -0.05) is 31.2 Å². The number of rotatable bonds is 16. The predicted molar refractivity (Wildman–Crippen MR) is 183 cm³/mol. The minimum absolute atomic E-state index is 0.210. The second-order valence-electron chi connectivity index (χ2n) is 10.6. The second-order valence-corrected chi connectivity index (χ2v) is 14.5. The highest BCUT2D eigenvalue weighted by molar-refractivity contribution is 9.10. The van der Waals surface area contributed by atoms with Crippen molar-refractivity contribution in [2.75, 3.05) is 20.8 Å². The average Bonchev–Trinajstić information content (AvgIpc) is 3.02. The molecule has 0 spiro atoms. The Morgan fingerprint density at radius 3 is 1.81 bits per heavy atom. The largest absolute Gasteiger partial charge is 0.523 e. The van der Waals surface area contributed by atoms with Gasteiger partial charge in [0.05, 0.1) is 32.5 Å². The third-order valence-electron chi connectivity index (χ3n) is 6.82. The van der Waals surface area contributed by atoms with Gasteiger partial charge in [0, 0.05) is 14.6 Å². The molecule has 3 aromatic carbocycles. The minimum Gasteiger partial charge on any atom is -0.497 e. The normalized spacial score (nSPS) is 12.8. The van der Waals surface area contributed by atoms with Crippen molar-refractivity contribution in [1.29, 1.82) is 0 Å². The van der Waals surface area contributed by atoms with Gasteiger partial charge in [-0.2, -0.15) is 21.6 Å². The number of hydrogen-bond donors (Lipinski definition) is 0. The van der Waals surface area contributed by atoms with Crippen LogP contribution in [0.4, 0.5) is 13.2 Å². The molecule has 0 heterocycles. The third kappa shape index (κ3) is 14.5. The minimum atomic E-state index is -5.52. The van der Waals surface area contributed by atoms with Crippen molar-refractivity contribution in [3.05, 3.63) is 87.9 Å². The van der Waals surface area contributed by atoms with Crippen LogP contribution in [-0.4, -0.2) is 52.1 Å². The first-order valence-corrected chi connectivity index (χ1v) is 18.2. The molecule has 0 aromatic heterocycles. The smallest absolute Gasteiger partial charge is 0.497 e. The first kappa shape index (κ1) is 40.4. The molecule has 260 valence electrons. The summed E-state index contributed by atoms with van der Waals surface area (Å²) >= 11 is 5.40. The van der Waals surface area contributed by atoms with Gasteiger partial charge in [-0.25, -0.2) is 4.79 Å². The van der Waals surface area contributed by atoms with Crippen molar-refractivity contribution in [3.63, 3.8) is 0 Å². The number of ether oxygens (including phenoxy) is 3. The van der Waals surface area contributed by atoms with Crippen LogP contribution in [0.1, 0.15) is 67.9 Å². The van der Waals surface area contributed by atoms with E-state index in [1.54, 1.807) is 26.4 Å². The number of carbonyl (C=O) groups excluding carboxylic acids is 1. The Hall–Kier alpha value is -2.74. The van der Waals surface area contributed by atoms with Crippen molar-refractivity contribution in [2.45, 2.75) is 81.1 Å². The van der Waals surface area contributed by atoms with Crippen molar-refractivity contribution in [2.24, 2.45) is 0 Å². The molecule has 0 unspecified atom stereocenters. The molecule has 3 rings (SSSR count). The molecule has 0 bridgehead atoms. The third-order valence-corrected chi connectivity index (χ3v) is 10.1. The maximum Gasteiger partial charge on any atom is 0.523 e. The maximum absolute atomic E-state index is 12.1. The van der Waals surface area contributed by atoms with Gasteiger partial charge in [0.1, 0.15) is 11.5 Å². The fourth-order valence-electron chi connectivity index (χ4n) is 4.30. The molecule has 0 aliphatic rings. The van der Waals surface area contributed by atoms with Gasteiger partial charge in [0.15, 0.2) is 0 Å². The van der Waals surface area contributed by atoms with Crippen LogP contribution in [-0.2, 0) is 31.9 Å². The number of halogens is 4. The molecule has 0 amide bonds. The van der Waals surface area contributed by atoms with E-state index in [0.717, 1.165) is 39.9 Å². The number of esters is 1. The molecule has 0 N–H and O–H groups in total. The van der Waals surface area contributed by atoms with E-state index in [4.69, 9.17) is 14.2 Å². The fourth-order valence-corrected chi connectivity index (χ4v) is 6.64. The van der Waals surface area contributed by atoms with Crippen LogP contribution in [0.5, 0.6) is 11.5 Å². The summed E-state index contributed by atoms with van der Waals surface area (Å²) < 4.78 is 78.3. The molecule has 2 atom stereocenters. The zero-order valence-corrected chi connectivity index (χ0v) is 30.4.